The van der Waals surface area contributed by atoms with Crippen LogP contribution in [0.3, 0.4) is 0 Å². The summed E-state index contributed by atoms with van der Waals surface area (Å²) in [5.74, 6) is 0.141. The predicted molar refractivity (Wildman–Crippen MR) is 69.1 cm³/mol. The van der Waals surface area contributed by atoms with Crippen molar-refractivity contribution in [1.29, 1.82) is 0 Å². The number of ether oxygens (including phenoxy) is 1. The third-order valence-electron chi connectivity index (χ3n) is 3.68. The molecule has 0 aliphatic carbocycles. The molecule has 0 aromatic rings. The molecule has 1 fully saturated rings. The maximum absolute atomic E-state index is 12.5. The molecule has 104 valence electrons. The summed E-state index contributed by atoms with van der Waals surface area (Å²) in [7, 11) is 1.61. The molecule has 0 spiro atoms. The smallest absolute Gasteiger partial charge is 0.248 e. The van der Waals surface area contributed by atoms with E-state index in [0.29, 0.717) is 13.0 Å². The van der Waals surface area contributed by atoms with Crippen molar-refractivity contribution in [1.82, 2.24) is 10.2 Å². The van der Waals surface area contributed by atoms with Crippen LogP contribution in [0.4, 0.5) is 0 Å². The van der Waals surface area contributed by atoms with Gasteiger partial charge >= 0.3 is 0 Å². The van der Waals surface area contributed by atoms with Crippen molar-refractivity contribution in [2.45, 2.75) is 45.7 Å². The van der Waals surface area contributed by atoms with Gasteiger partial charge in [-0.15, -0.1) is 0 Å². The summed E-state index contributed by atoms with van der Waals surface area (Å²) >= 11 is 0. The second-order valence-corrected chi connectivity index (χ2v) is 5.43. The molecule has 2 atom stereocenters. The lowest BCUT2D eigenvalue weighted by atomic mass is 9.91. The zero-order valence-electron chi connectivity index (χ0n) is 11.9. The van der Waals surface area contributed by atoms with Gasteiger partial charge in [-0.3, -0.25) is 9.59 Å². The van der Waals surface area contributed by atoms with Crippen LogP contribution >= 0.6 is 0 Å². The Kier molecular flexibility index (Phi) is 4.73. The van der Waals surface area contributed by atoms with E-state index < -0.39 is 5.54 Å². The highest BCUT2D eigenvalue weighted by Crippen LogP contribution is 2.22. The molecule has 5 heteroatoms. The third-order valence-corrected chi connectivity index (χ3v) is 3.68. The second-order valence-electron chi connectivity index (χ2n) is 5.43. The van der Waals surface area contributed by atoms with Crippen LogP contribution in [0.15, 0.2) is 0 Å². The number of rotatable bonds is 5. The maximum Gasteiger partial charge on any atom is 0.248 e. The molecule has 2 amide bonds. The van der Waals surface area contributed by atoms with E-state index in [4.69, 9.17) is 4.74 Å². The SMILES string of the molecule is CCC1(C)NC(=O)CN(C(COC)C(C)C)C1=O. The van der Waals surface area contributed by atoms with Crippen LogP contribution in [-0.4, -0.2) is 48.6 Å². The van der Waals surface area contributed by atoms with Gasteiger partial charge in [0.2, 0.25) is 11.8 Å². The summed E-state index contributed by atoms with van der Waals surface area (Å²) in [6, 6.07) is -0.0561. The lowest BCUT2D eigenvalue weighted by molar-refractivity contribution is -0.154. The van der Waals surface area contributed by atoms with Crippen LogP contribution in [0.25, 0.3) is 0 Å². The van der Waals surface area contributed by atoms with Crippen molar-refractivity contribution >= 4 is 11.8 Å². The molecule has 0 aromatic heterocycles. The number of piperazine rings is 1. The first kappa shape index (κ1) is 15.0. The van der Waals surface area contributed by atoms with Crippen LogP contribution in [-0.2, 0) is 14.3 Å². The average molecular weight is 256 g/mol. The van der Waals surface area contributed by atoms with E-state index in [-0.39, 0.29) is 30.3 Å². The molecule has 1 N–H and O–H groups in total. The Morgan fingerprint density at radius 2 is 2.06 bits per heavy atom. The Labute approximate surface area is 109 Å². The summed E-state index contributed by atoms with van der Waals surface area (Å²) in [6.45, 7) is 8.34. The van der Waals surface area contributed by atoms with Crippen molar-refractivity contribution in [2.75, 3.05) is 20.3 Å². The predicted octanol–water partition coefficient (Wildman–Crippen LogP) is 0.784. The van der Waals surface area contributed by atoms with Gasteiger partial charge in [0.05, 0.1) is 12.6 Å². The Morgan fingerprint density at radius 3 is 2.50 bits per heavy atom. The number of hydrogen-bond acceptors (Lipinski definition) is 3. The molecule has 2 unspecified atom stereocenters. The van der Waals surface area contributed by atoms with Crippen molar-refractivity contribution < 1.29 is 14.3 Å². The highest BCUT2D eigenvalue weighted by atomic mass is 16.5. The van der Waals surface area contributed by atoms with E-state index >= 15 is 0 Å². The number of hydrogen-bond donors (Lipinski definition) is 1. The number of methoxy groups -OCH3 is 1. The van der Waals surface area contributed by atoms with Crippen molar-refractivity contribution in [3.63, 3.8) is 0 Å². The first-order chi connectivity index (χ1) is 8.35. The normalized spacial score (nSPS) is 26.4. The molecular formula is C13H24N2O3. The Bertz CT molecular complexity index is 330. The lowest BCUT2D eigenvalue weighted by Crippen LogP contribution is -2.67. The Balaban J connectivity index is 2.98. The summed E-state index contributed by atoms with van der Waals surface area (Å²) in [6.07, 6.45) is 0.589. The number of amides is 2. The summed E-state index contributed by atoms with van der Waals surface area (Å²) in [5.41, 5.74) is -0.782. The Hall–Kier alpha value is -1.10. The van der Waals surface area contributed by atoms with Crippen molar-refractivity contribution in [3.05, 3.63) is 0 Å². The van der Waals surface area contributed by atoms with Gasteiger partial charge in [-0.2, -0.15) is 0 Å². The Morgan fingerprint density at radius 1 is 1.44 bits per heavy atom. The van der Waals surface area contributed by atoms with Gasteiger partial charge in [-0.25, -0.2) is 0 Å². The van der Waals surface area contributed by atoms with Crippen LogP contribution in [0.5, 0.6) is 0 Å². The molecular weight excluding hydrogens is 232 g/mol. The highest BCUT2D eigenvalue weighted by Gasteiger charge is 2.44. The van der Waals surface area contributed by atoms with Crippen LogP contribution in [0.1, 0.15) is 34.1 Å². The molecule has 0 aromatic carbocycles. The van der Waals surface area contributed by atoms with E-state index in [1.165, 1.54) is 0 Å². The number of carbonyl (C=O) groups is 2. The topological polar surface area (TPSA) is 58.6 Å². The van der Waals surface area contributed by atoms with E-state index in [1.54, 1.807) is 18.9 Å². The third kappa shape index (κ3) is 2.83. The fourth-order valence-electron chi connectivity index (χ4n) is 2.26. The van der Waals surface area contributed by atoms with Gasteiger partial charge in [-0.1, -0.05) is 20.8 Å². The zero-order valence-corrected chi connectivity index (χ0v) is 11.9. The molecule has 1 rings (SSSR count). The standard InChI is InChI=1S/C13H24N2O3/c1-6-13(4)12(17)15(7-11(16)14-13)10(8-18-5)9(2)3/h9-10H,6-8H2,1-5H3,(H,14,16). The fourth-order valence-corrected chi connectivity index (χ4v) is 2.26. The van der Waals surface area contributed by atoms with E-state index in [9.17, 15) is 9.59 Å². The molecule has 1 saturated heterocycles. The van der Waals surface area contributed by atoms with Crippen LogP contribution < -0.4 is 5.32 Å². The summed E-state index contributed by atoms with van der Waals surface area (Å²) in [5, 5.41) is 2.79. The largest absolute Gasteiger partial charge is 0.383 e. The van der Waals surface area contributed by atoms with Gasteiger partial charge in [-0.05, 0) is 19.3 Å². The minimum atomic E-state index is -0.782. The second kappa shape index (κ2) is 5.69. The van der Waals surface area contributed by atoms with Gasteiger partial charge in [0.1, 0.15) is 12.1 Å². The molecule has 1 aliphatic rings. The lowest BCUT2D eigenvalue weighted by Gasteiger charge is -2.44. The minimum Gasteiger partial charge on any atom is -0.383 e. The van der Waals surface area contributed by atoms with Crippen LogP contribution in [0.2, 0.25) is 0 Å². The van der Waals surface area contributed by atoms with E-state index in [1.807, 2.05) is 20.8 Å². The molecule has 0 bridgehead atoms. The molecule has 1 aliphatic heterocycles. The van der Waals surface area contributed by atoms with Crippen molar-refractivity contribution in [3.8, 4) is 0 Å². The van der Waals surface area contributed by atoms with Gasteiger partial charge < -0.3 is 15.0 Å². The van der Waals surface area contributed by atoms with E-state index in [2.05, 4.69) is 5.32 Å². The molecule has 18 heavy (non-hydrogen) atoms. The molecule has 0 radical (unpaired) electrons. The first-order valence-corrected chi connectivity index (χ1v) is 6.46. The number of nitrogens with one attached hydrogen (secondary N) is 1. The first-order valence-electron chi connectivity index (χ1n) is 6.46. The zero-order chi connectivity index (χ0) is 13.9. The molecule has 0 saturated carbocycles. The van der Waals surface area contributed by atoms with Gasteiger partial charge in [0.15, 0.2) is 0 Å². The highest BCUT2D eigenvalue weighted by molar-refractivity contribution is 5.97. The monoisotopic (exact) mass is 256 g/mol. The van der Waals surface area contributed by atoms with Gasteiger partial charge in [0.25, 0.3) is 0 Å². The van der Waals surface area contributed by atoms with Crippen molar-refractivity contribution in [2.24, 2.45) is 5.92 Å². The van der Waals surface area contributed by atoms with E-state index in [0.717, 1.165) is 0 Å². The average Bonchev–Trinajstić information content (AvgIpc) is 2.30. The molecule has 5 nitrogen and oxygen atoms in total. The number of nitrogens with zero attached hydrogens (tertiary/aromatic N) is 1. The summed E-state index contributed by atoms with van der Waals surface area (Å²) < 4.78 is 5.18. The minimum absolute atomic E-state index is 0.0136. The fraction of sp³-hybridized carbons (Fsp3) is 0.846. The quantitative estimate of drug-likeness (QED) is 0.791. The van der Waals surface area contributed by atoms with Gasteiger partial charge in [0, 0.05) is 7.11 Å². The number of carbonyl (C=O) groups excluding carboxylic acids is 2. The van der Waals surface area contributed by atoms with Crippen LogP contribution in [0, 0.1) is 5.92 Å². The summed E-state index contributed by atoms with van der Waals surface area (Å²) in [4.78, 5) is 25.9. The molecule has 1 heterocycles. The maximum atomic E-state index is 12.5.